The first kappa shape index (κ1) is 17.7. The normalized spacial score (nSPS) is 14.8. The van der Waals surface area contributed by atoms with Crippen molar-refractivity contribution in [2.24, 2.45) is 0 Å². The standard InChI is InChI=1S/C18H18O6/c19-15(16(20)21)18(24,17(22)23)11-14(12-7-3-1-4-8-12)13-9-5-2-6-10-13/h1-10,14-15,19,24H,11H2,(H,20,21)(H,22,23)/t15-,18+/m0/s1. The second-order valence-corrected chi connectivity index (χ2v) is 5.55. The molecule has 0 unspecified atom stereocenters. The van der Waals surface area contributed by atoms with E-state index in [0.717, 1.165) is 0 Å². The summed E-state index contributed by atoms with van der Waals surface area (Å²) in [5.41, 5.74) is -1.40. The van der Waals surface area contributed by atoms with Crippen LogP contribution in [0.4, 0.5) is 0 Å². The van der Waals surface area contributed by atoms with E-state index in [2.05, 4.69) is 0 Å². The summed E-state index contributed by atoms with van der Waals surface area (Å²) in [7, 11) is 0. The first-order valence-electron chi connectivity index (χ1n) is 7.33. The molecule has 24 heavy (non-hydrogen) atoms. The van der Waals surface area contributed by atoms with Crippen molar-refractivity contribution in [3.8, 4) is 0 Å². The summed E-state index contributed by atoms with van der Waals surface area (Å²) in [5, 5.41) is 38.4. The first-order valence-corrected chi connectivity index (χ1v) is 7.33. The van der Waals surface area contributed by atoms with Gasteiger partial charge in [-0.2, -0.15) is 0 Å². The summed E-state index contributed by atoms with van der Waals surface area (Å²) in [6.07, 6.45) is -2.92. The number of rotatable bonds is 7. The number of hydrogen-bond donors (Lipinski definition) is 4. The minimum Gasteiger partial charge on any atom is -0.479 e. The fraction of sp³-hybridized carbons (Fsp3) is 0.222. The molecular formula is C18H18O6. The number of aliphatic hydroxyl groups excluding tert-OH is 1. The summed E-state index contributed by atoms with van der Waals surface area (Å²) >= 11 is 0. The molecule has 0 aliphatic carbocycles. The summed E-state index contributed by atoms with van der Waals surface area (Å²) in [6.45, 7) is 0. The second-order valence-electron chi connectivity index (χ2n) is 5.55. The van der Waals surface area contributed by atoms with Crippen molar-refractivity contribution in [1.29, 1.82) is 0 Å². The van der Waals surface area contributed by atoms with Crippen LogP contribution in [0.2, 0.25) is 0 Å². The Morgan fingerprint density at radius 3 is 1.62 bits per heavy atom. The van der Waals surface area contributed by atoms with E-state index in [0.29, 0.717) is 11.1 Å². The highest BCUT2D eigenvalue weighted by molar-refractivity contribution is 5.87. The molecule has 2 aromatic carbocycles. The molecule has 0 fully saturated rings. The van der Waals surface area contributed by atoms with E-state index in [4.69, 9.17) is 5.11 Å². The number of carboxylic acids is 2. The Labute approximate surface area is 138 Å². The van der Waals surface area contributed by atoms with Gasteiger partial charge in [0, 0.05) is 12.3 Å². The van der Waals surface area contributed by atoms with Crippen LogP contribution >= 0.6 is 0 Å². The van der Waals surface area contributed by atoms with Crippen LogP contribution in [-0.4, -0.2) is 44.1 Å². The predicted molar refractivity (Wildman–Crippen MR) is 85.6 cm³/mol. The number of aliphatic carboxylic acids is 2. The third-order valence-corrected chi connectivity index (χ3v) is 3.98. The highest BCUT2D eigenvalue weighted by Gasteiger charge is 2.49. The van der Waals surface area contributed by atoms with Gasteiger partial charge in [0.25, 0.3) is 0 Å². The second kappa shape index (κ2) is 7.25. The zero-order valence-corrected chi connectivity index (χ0v) is 12.7. The SMILES string of the molecule is O=C(O)[C@H](O)[C@](O)(CC(c1ccccc1)c1ccccc1)C(=O)O. The van der Waals surface area contributed by atoms with Crippen LogP contribution in [0.15, 0.2) is 60.7 Å². The van der Waals surface area contributed by atoms with Crippen molar-refractivity contribution in [2.75, 3.05) is 0 Å². The van der Waals surface area contributed by atoms with Gasteiger partial charge in [-0.15, -0.1) is 0 Å². The van der Waals surface area contributed by atoms with E-state index in [1.807, 2.05) is 0 Å². The van der Waals surface area contributed by atoms with Crippen molar-refractivity contribution >= 4 is 11.9 Å². The van der Waals surface area contributed by atoms with E-state index < -0.39 is 36.0 Å². The van der Waals surface area contributed by atoms with E-state index in [1.165, 1.54) is 0 Å². The lowest BCUT2D eigenvalue weighted by Gasteiger charge is -2.30. The predicted octanol–water partition coefficient (Wildman–Crippen LogP) is 1.47. The van der Waals surface area contributed by atoms with Crippen molar-refractivity contribution < 1.29 is 30.0 Å². The van der Waals surface area contributed by atoms with E-state index in [9.17, 15) is 24.9 Å². The maximum Gasteiger partial charge on any atom is 0.339 e. The maximum absolute atomic E-state index is 11.5. The van der Waals surface area contributed by atoms with Crippen LogP contribution in [0.1, 0.15) is 23.5 Å². The van der Waals surface area contributed by atoms with Gasteiger partial charge in [0.05, 0.1) is 0 Å². The monoisotopic (exact) mass is 330 g/mol. The van der Waals surface area contributed by atoms with Gasteiger partial charge in [-0.3, -0.25) is 0 Å². The minimum absolute atomic E-state index is 0.482. The molecule has 0 spiro atoms. The summed E-state index contributed by atoms with van der Waals surface area (Å²) in [6, 6.07) is 17.7. The summed E-state index contributed by atoms with van der Waals surface area (Å²) in [4.78, 5) is 22.5. The topological polar surface area (TPSA) is 115 Å². The molecule has 0 aliphatic heterocycles. The molecule has 2 atom stereocenters. The lowest BCUT2D eigenvalue weighted by Crippen LogP contribution is -2.54. The van der Waals surface area contributed by atoms with Gasteiger partial charge in [0.15, 0.2) is 11.7 Å². The molecule has 0 amide bonds. The number of hydrogen-bond acceptors (Lipinski definition) is 4. The molecule has 6 heteroatoms. The van der Waals surface area contributed by atoms with Gasteiger partial charge in [-0.1, -0.05) is 60.7 Å². The Morgan fingerprint density at radius 1 is 0.875 bits per heavy atom. The average molecular weight is 330 g/mol. The fourth-order valence-electron chi connectivity index (χ4n) is 2.63. The highest BCUT2D eigenvalue weighted by Crippen LogP contribution is 2.34. The Morgan fingerprint density at radius 2 is 1.29 bits per heavy atom. The molecule has 0 saturated heterocycles. The highest BCUT2D eigenvalue weighted by atomic mass is 16.4. The molecule has 0 saturated carbocycles. The summed E-state index contributed by atoms with van der Waals surface area (Å²) in [5.74, 6) is -4.17. The van der Waals surface area contributed by atoms with Crippen LogP contribution in [0, 0.1) is 0 Å². The van der Waals surface area contributed by atoms with Crippen molar-refractivity contribution in [3.63, 3.8) is 0 Å². The molecule has 0 aliphatic rings. The van der Waals surface area contributed by atoms with Crippen LogP contribution in [-0.2, 0) is 9.59 Å². The van der Waals surface area contributed by atoms with Crippen LogP contribution in [0.5, 0.6) is 0 Å². The van der Waals surface area contributed by atoms with E-state index in [-0.39, 0.29) is 0 Å². The van der Waals surface area contributed by atoms with Gasteiger partial charge >= 0.3 is 11.9 Å². The smallest absolute Gasteiger partial charge is 0.339 e. The lowest BCUT2D eigenvalue weighted by atomic mass is 9.79. The van der Waals surface area contributed by atoms with Gasteiger partial charge in [0.1, 0.15) is 0 Å². The maximum atomic E-state index is 11.5. The third kappa shape index (κ3) is 3.61. The molecule has 126 valence electrons. The molecule has 2 rings (SSSR count). The molecule has 4 N–H and O–H groups in total. The van der Waals surface area contributed by atoms with Gasteiger partial charge in [-0.05, 0) is 11.1 Å². The Kier molecular flexibility index (Phi) is 5.33. The zero-order valence-electron chi connectivity index (χ0n) is 12.7. The quantitative estimate of drug-likeness (QED) is 0.611. The molecule has 0 heterocycles. The van der Waals surface area contributed by atoms with E-state index in [1.54, 1.807) is 60.7 Å². The number of carboxylic acid groups (broad SMARTS) is 2. The molecule has 0 aromatic heterocycles. The minimum atomic E-state index is -2.82. The lowest BCUT2D eigenvalue weighted by molar-refractivity contribution is -0.184. The Hall–Kier alpha value is -2.70. The molecule has 2 aromatic rings. The van der Waals surface area contributed by atoms with Crippen molar-refractivity contribution in [1.82, 2.24) is 0 Å². The van der Waals surface area contributed by atoms with E-state index >= 15 is 0 Å². The molecule has 6 nitrogen and oxygen atoms in total. The average Bonchev–Trinajstić information content (AvgIpc) is 2.60. The zero-order chi connectivity index (χ0) is 17.7. The molecule has 0 radical (unpaired) electrons. The first-order chi connectivity index (χ1) is 11.4. The molecular weight excluding hydrogens is 312 g/mol. The van der Waals surface area contributed by atoms with Crippen LogP contribution < -0.4 is 0 Å². The molecule has 0 bridgehead atoms. The van der Waals surface area contributed by atoms with Gasteiger partial charge < -0.3 is 20.4 Å². The Bertz CT molecular complexity index is 660. The van der Waals surface area contributed by atoms with Crippen molar-refractivity contribution in [3.05, 3.63) is 71.8 Å². The van der Waals surface area contributed by atoms with Crippen LogP contribution in [0.25, 0.3) is 0 Å². The van der Waals surface area contributed by atoms with Crippen LogP contribution in [0.3, 0.4) is 0 Å². The number of benzene rings is 2. The third-order valence-electron chi connectivity index (χ3n) is 3.98. The summed E-state index contributed by atoms with van der Waals surface area (Å²) < 4.78 is 0. The largest absolute Gasteiger partial charge is 0.479 e. The Balaban J connectivity index is 2.48. The van der Waals surface area contributed by atoms with Gasteiger partial charge in [-0.25, -0.2) is 9.59 Å². The number of carbonyl (C=O) groups is 2. The van der Waals surface area contributed by atoms with Crippen molar-refractivity contribution in [2.45, 2.75) is 24.0 Å². The fourth-order valence-corrected chi connectivity index (χ4v) is 2.63. The van der Waals surface area contributed by atoms with Gasteiger partial charge in [0.2, 0.25) is 0 Å². The number of aliphatic hydroxyl groups is 2.